The number of anilines is 1. The van der Waals surface area contributed by atoms with Gasteiger partial charge in [0, 0.05) is 31.7 Å². The van der Waals surface area contributed by atoms with Gasteiger partial charge in [0.2, 0.25) is 11.8 Å². The number of rotatable bonds is 6. The molecule has 2 heterocycles. The van der Waals surface area contributed by atoms with Crippen molar-refractivity contribution in [2.24, 2.45) is 11.8 Å². The van der Waals surface area contributed by atoms with E-state index in [1.165, 1.54) is 10.9 Å². The molecule has 1 aliphatic rings. The van der Waals surface area contributed by atoms with Gasteiger partial charge >= 0.3 is 0 Å². The standard InChI is InChI=1S/C16H24F2N4O2/c1-9(2)6-21-8-12(14(20-21)15(17)18)19-16(24)11-5-13(23)22(7-11)10(3)4/h8-11,15H,5-7H2,1-4H3,(H,19,24)/t11-/m0/s1. The summed E-state index contributed by atoms with van der Waals surface area (Å²) >= 11 is 0. The molecule has 0 bridgehead atoms. The maximum Gasteiger partial charge on any atom is 0.284 e. The zero-order chi connectivity index (χ0) is 18.0. The highest BCUT2D eigenvalue weighted by Crippen LogP contribution is 2.28. The topological polar surface area (TPSA) is 67.2 Å². The molecule has 6 nitrogen and oxygen atoms in total. The molecule has 1 N–H and O–H groups in total. The van der Waals surface area contributed by atoms with Gasteiger partial charge in [-0.1, -0.05) is 13.8 Å². The lowest BCUT2D eigenvalue weighted by Crippen LogP contribution is -2.33. The lowest BCUT2D eigenvalue weighted by Gasteiger charge is -2.20. The number of hydrogen-bond donors (Lipinski definition) is 1. The Balaban J connectivity index is 2.11. The van der Waals surface area contributed by atoms with Gasteiger partial charge in [-0.25, -0.2) is 8.78 Å². The van der Waals surface area contributed by atoms with Gasteiger partial charge in [0.05, 0.1) is 11.6 Å². The Morgan fingerprint density at radius 2 is 2.04 bits per heavy atom. The van der Waals surface area contributed by atoms with Gasteiger partial charge in [0.1, 0.15) is 0 Å². The summed E-state index contributed by atoms with van der Waals surface area (Å²) in [5.41, 5.74) is -0.417. The third-order valence-corrected chi connectivity index (χ3v) is 3.96. The highest BCUT2D eigenvalue weighted by atomic mass is 19.3. The lowest BCUT2D eigenvalue weighted by atomic mass is 10.1. The van der Waals surface area contributed by atoms with Crippen LogP contribution in [0.3, 0.4) is 0 Å². The number of carbonyl (C=O) groups is 2. The van der Waals surface area contributed by atoms with E-state index in [0.29, 0.717) is 13.1 Å². The van der Waals surface area contributed by atoms with Crippen molar-refractivity contribution in [3.05, 3.63) is 11.9 Å². The molecule has 24 heavy (non-hydrogen) atoms. The molecule has 0 spiro atoms. The monoisotopic (exact) mass is 342 g/mol. The molecule has 134 valence electrons. The van der Waals surface area contributed by atoms with Crippen molar-refractivity contribution in [2.45, 2.75) is 53.1 Å². The molecule has 0 saturated carbocycles. The van der Waals surface area contributed by atoms with Crippen LogP contribution in [0.2, 0.25) is 0 Å². The van der Waals surface area contributed by atoms with E-state index >= 15 is 0 Å². The minimum Gasteiger partial charge on any atom is -0.339 e. The first kappa shape index (κ1) is 18.4. The highest BCUT2D eigenvalue weighted by molar-refractivity contribution is 5.97. The number of amides is 2. The summed E-state index contributed by atoms with van der Waals surface area (Å²) in [6.07, 6.45) is -1.24. The number of hydrogen-bond acceptors (Lipinski definition) is 3. The van der Waals surface area contributed by atoms with Crippen molar-refractivity contribution in [3.8, 4) is 0 Å². The Bertz CT molecular complexity index is 613. The Hall–Kier alpha value is -1.99. The molecule has 2 amide bonds. The maximum atomic E-state index is 13.1. The summed E-state index contributed by atoms with van der Waals surface area (Å²) in [6, 6.07) is 0.0146. The van der Waals surface area contributed by atoms with Crippen LogP contribution in [0.15, 0.2) is 6.20 Å². The van der Waals surface area contributed by atoms with Crippen LogP contribution in [-0.2, 0) is 16.1 Å². The number of nitrogens with zero attached hydrogens (tertiary/aromatic N) is 3. The Morgan fingerprint density at radius 1 is 1.38 bits per heavy atom. The smallest absolute Gasteiger partial charge is 0.284 e. The van der Waals surface area contributed by atoms with Crippen molar-refractivity contribution >= 4 is 17.5 Å². The van der Waals surface area contributed by atoms with Gasteiger partial charge in [0.25, 0.3) is 6.43 Å². The fourth-order valence-electron chi connectivity index (χ4n) is 2.80. The average Bonchev–Trinajstić information content (AvgIpc) is 3.02. The van der Waals surface area contributed by atoms with Crippen LogP contribution < -0.4 is 5.32 Å². The summed E-state index contributed by atoms with van der Waals surface area (Å²) in [6.45, 7) is 8.45. The molecular formula is C16H24F2N4O2. The number of likely N-dealkylation sites (tertiary alicyclic amines) is 1. The van der Waals surface area contributed by atoms with Gasteiger partial charge in [-0.05, 0) is 19.8 Å². The summed E-state index contributed by atoms with van der Waals surface area (Å²) in [5, 5.41) is 6.39. The van der Waals surface area contributed by atoms with Gasteiger partial charge in [0.15, 0.2) is 5.69 Å². The first-order valence-corrected chi connectivity index (χ1v) is 8.14. The molecule has 1 saturated heterocycles. The second kappa shape index (κ2) is 7.27. The first-order chi connectivity index (χ1) is 11.2. The highest BCUT2D eigenvalue weighted by Gasteiger charge is 2.36. The van der Waals surface area contributed by atoms with Crippen molar-refractivity contribution in [2.75, 3.05) is 11.9 Å². The summed E-state index contributed by atoms with van der Waals surface area (Å²) < 4.78 is 27.7. The molecule has 1 aromatic heterocycles. The van der Waals surface area contributed by atoms with Crippen molar-refractivity contribution in [1.29, 1.82) is 0 Å². The minimum absolute atomic E-state index is 0.0146. The lowest BCUT2D eigenvalue weighted by molar-refractivity contribution is -0.129. The van der Waals surface area contributed by atoms with Crippen LogP contribution in [0.25, 0.3) is 0 Å². The van der Waals surface area contributed by atoms with E-state index in [0.717, 1.165) is 0 Å². The van der Waals surface area contributed by atoms with Gasteiger partial charge in [-0.2, -0.15) is 5.10 Å². The van der Waals surface area contributed by atoms with Crippen molar-refractivity contribution < 1.29 is 18.4 Å². The summed E-state index contributed by atoms with van der Waals surface area (Å²) in [5.74, 6) is -0.794. The molecule has 0 unspecified atom stereocenters. The molecule has 1 aliphatic heterocycles. The Labute approximate surface area is 140 Å². The van der Waals surface area contributed by atoms with E-state index in [-0.39, 0.29) is 30.0 Å². The number of aromatic nitrogens is 2. The molecule has 0 aromatic carbocycles. The zero-order valence-corrected chi connectivity index (χ0v) is 14.4. The Kier molecular flexibility index (Phi) is 5.56. The molecule has 1 fully saturated rings. The average molecular weight is 342 g/mol. The summed E-state index contributed by atoms with van der Waals surface area (Å²) in [7, 11) is 0. The fraction of sp³-hybridized carbons (Fsp3) is 0.688. The number of alkyl halides is 2. The SMILES string of the molecule is CC(C)Cn1cc(NC(=O)[C@H]2CC(=O)N(C(C)C)C2)c(C(F)F)n1. The fourth-order valence-corrected chi connectivity index (χ4v) is 2.80. The van der Waals surface area contributed by atoms with E-state index in [1.807, 2.05) is 27.7 Å². The molecule has 0 radical (unpaired) electrons. The molecule has 0 aliphatic carbocycles. The van der Waals surface area contributed by atoms with Crippen LogP contribution in [-0.4, -0.2) is 39.1 Å². The van der Waals surface area contributed by atoms with Crippen LogP contribution in [0, 0.1) is 11.8 Å². The largest absolute Gasteiger partial charge is 0.339 e. The van der Waals surface area contributed by atoms with Crippen LogP contribution in [0.1, 0.15) is 46.2 Å². The van der Waals surface area contributed by atoms with Gasteiger partial charge in [-0.3, -0.25) is 14.3 Å². The molecular weight excluding hydrogens is 318 g/mol. The summed E-state index contributed by atoms with van der Waals surface area (Å²) in [4.78, 5) is 25.9. The first-order valence-electron chi connectivity index (χ1n) is 8.14. The van der Waals surface area contributed by atoms with Crippen molar-refractivity contribution in [3.63, 3.8) is 0 Å². The number of nitrogens with one attached hydrogen (secondary N) is 1. The van der Waals surface area contributed by atoms with E-state index in [1.54, 1.807) is 4.90 Å². The maximum absolute atomic E-state index is 13.1. The number of halogens is 2. The van der Waals surface area contributed by atoms with Crippen LogP contribution in [0.5, 0.6) is 0 Å². The van der Waals surface area contributed by atoms with Crippen molar-refractivity contribution in [1.82, 2.24) is 14.7 Å². The van der Waals surface area contributed by atoms with E-state index in [2.05, 4.69) is 10.4 Å². The van der Waals surface area contributed by atoms with E-state index < -0.39 is 23.9 Å². The zero-order valence-electron chi connectivity index (χ0n) is 14.4. The predicted octanol–water partition coefficient (Wildman–Crippen LogP) is 2.67. The Morgan fingerprint density at radius 3 is 2.54 bits per heavy atom. The van der Waals surface area contributed by atoms with Gasteiger partial charge < -0.3 is 10.2 Å². The second-order valence-electron chi connectivity index (χ2n) is 6.87. The van der Waals surface area contributed by atoms with Gasteiger partial charge in [-0.15, -0.1) is 0 Å². The molecule has 2 rings (SSSR count). The normalized spacial score (nSPS) is 18.3. The number of carbonyl (C=O) groups excluding carboxylic acids is 2. The van der Waals surface area contributed by atoms with E-state index in [4.69, 9.17) is 0 Å². The second-order valence-corrected chi connectivity index (χ2v) is 6.87. The van der Waals surface area contributed by atoms with Crippen LogP contribution >= 0.6 is 0 Å². The molecule has 1 aromatic rings. The predicted molar refractivity (Wildman–Crippen MR) is 85.6 cm³/mol. The molecule has 1 atom stereocenters. The van der Waals surface area contributed by atoms with Crippen LogP contribution in [0.4, 0.5) is 14.5 Å². The minimum atomic E-state index is -2.77. The quantitative estimate of drug-likeness (QED) is 0.864. The third kappa shape index (κ3) is 4.10. The van der Waals surface area contributed by atoms with E-state index in [9.17, 15) is 18.4 Å². The molecule has 8 heteroatoms. The third-order valence-electron chi connectivity index (χ3n) is 3.96.